The highest BCUT2D eigenvalue weighted by Crippen LogP contribution is 2.35. The summed E-state index contributed by atoms with van der Waals surface area (Å²) >= 11 is 1.43. The van der Waals surface area contributed by atoms with Crippen LogP contribution in [0.15, 0.2) is 59.8 Å². The summed E-state index contributed by atoms with van der Waals surface area (Å²) in [6.07, 6.45) is 6.86. The molecule has 1 aliphatic rings. The van der Waals surface area contributed by atoms with Crippen molar-refractivity contribution >= 4 is 34.2 Å². The van der Waals surface area contributed by atoms with Crippen LogP contribution in [0.1, 0.15) is 49.4 Å². The number of para-hydroxylation sites is 1. The Balaban J connectivity index is 1.34. The van der Waals surface area contributed by atoms with Gasteiger partial charge in [0.2, 0.25) is 5.91 Å². The van der Waals surface area contributed by atoms with Gasteiger partial charge in [-0.25, -0.2) is 4.98 Å². The van der Waals surface area contributed by atoms with E-state index in [1.54, 1.807) is 0 Å². The van der Waals surface area contributed by atoms with E-state index >= 15 is 0 Å². The van der Waals surface area contributed by atoms with Crippen LogP contribution in [0.25, 0.3) is 16.6 Å². The van der Waals surface area contributed by atoms with E-state index in [-0.39, 0.29) is 5.91 Å². The van der Waals surface area contributed by atoms with Gasteiger partial charge < -0.3 is 5.32 Å². The fraction of sp³-hybridized carbons (Fsp3) is 0.360. The lowest BCUT2D eigenvalue weighted by atomic mass is 9.88. The van der Waals surface area contributed by atoms with E-state index in [0.29, 0.717) is 18.2 Å². The van der Waals surface area contributed by atoms with Gasteiger partial charge in [-0.15, -0.1) is 10.2 Å². The molecule has 164 valence electrons. The number of aromatic nitrogens is 4. The van der Waals surface area contributed by atoms with Crippen molar-refractivity contribution in [2.24, 2.45) is 0 Å². The van der Waals surface area contributed by atoms with Crippen LogP contribution in [0.4, 0.5) is 0 Å². The molecule has 6 nitrogen and oxygen atoms in total. The summed E-state index contributed by atoms with van der Waals surface area (Å²) in [5, 5.41) is 13.7. The molecule has 0 unspecified atom stereocenters. The molecular weight excluding hydrogens is 418 g/mol. The molecule has 0 atom stereocenters. The summed E-state index contributed by atoms with van der Waals surface area (Å²) in [6.45, 7) is 0.628. The van der Waals surface area contributed by atoms with Crippen LogP contribution in [0.3, 0.4) is 0 Å². The molecule has 0 radical (unpaired) electrons. The number of amides is 1. The predicted octanol–water partition coefficient (Wildman–Crippen LogP) is 4.78. The lowest BCUT2D eigenvalue weighted by Gasteiger charge is -2.22. The second kappa shape index (κ2) is 9.69. The number of carbonyl (C=O) groups is 1. The van der Waals surface area contributed by atoms with Crippen molar-refractivity contribution in [2.75, 3.05) is 12.3 Å². The number of fused-ring (bicyclic) bond motifs is 3. The van der Waals surface area contributed by atoms with Crippen molar-refractivity contribution in [1.29, 1.82) is 0 Å². The minimum atomic E-state index is 0.00986. The lowest BCUT2D eigenvalue weighted by molar-refractivity contribution is -0.118. The Bertz CT molecular complexity index is 1220. The Kier molecular flexibility index (Phi) is 6.34. The van der Waals surface area contributed by atoms with Gasteiger partial charge in [0, 0.05) is 17.8 Å². The molecule has 5 rings (SSSR count). The zero-order chi connectivity index (χ0) is 21.8. The molecule has 4 aromatic rings. The molecule has 2 aromatic carbocycles. The maximum absolute atomic E-state index is 12.5. The molecule has 2 heterocycles. The molecule has 0 bridgehead atoms. The number of rotatable bonds is 7. The maximum atomic E-state index is 12.5. The van der Waals surface area contributed by atoms with Gasteiger partial charge in [0.15, 0.2) is 10.8 Å². The Labute approximate surface area is 191 Å². The average Bonchev–Trinajstić information content (AvgIpc) is 3.28. The van der Waals surface area contributed by atoms with Crippen LogP contribution >= 0.6 is 11.8 Å². The number of nitrogens with zero attached hydrogens (tertiary/aromatic N) is 4. The molecule has 1 aliphatic carbocycles. The molecule has 0 spiro atoms. The highest BCUT2D eigenvalue weighted by molar-refractivity contribution is 7.99. The van der Waals surface area contributed by atoms with Crippen LogP contribution < -0.4 is 5.32 Å². The first-order valence-electron chi connectivity index (χ1n) is 11.4. The Hall–Kier alpha value is -2.93. The van der Waals surface area contributed by atoms with Gasteiger partial charge in [-0.3, -0.25) is 9.20 Å². The van der Waals surface area contributed by atoms with Gasteiger partial charge >= 0.3 is 0 Å². The second-order valence-electron chi connectivity index (χ2n) is 8.34. The van der Waals surface area contributed by atoms with Crippen LogP contribution in [-0.4, -0.2) is 37.8 Å². The predicted molar refractivity (Wildman–Crippen MR) is 128 cm³/mol. The molecule has 1 saturated carbocycles. The minimum Gasteiger partial charge on any atom is -0.355 e. The van der Waals surface area contributed by atoms with Gasteiger partial charge in [-0.1, -0.05) is 73.5 Å². The minimum absolute atomic E-state index is 0.00986. The molecule has 1 amide bonds. The molecule has 1 fully saturated rings. The van der Waals surface area contributed by atoms with E-state index in [1.165, 1.54) is 36.6 Å². The number of carbonyl (C=O) groups excluding carboxylic acids is 1. The van der Waals surface area contributed by atoms with Crippen LogP contribution in [0.2, 0.25) is 0 Å². The van der Waals surface area contributed by atoms with Crippen molar-refractivity contribution in [3.8, 4) is 0 Å². The normalized spacial score (nSPS) is 14.8. The SMILES string of the molecule is O=C(CSc1nnc2c3ccccc3nc(C3CCCCC3)n12)NCCc1ccccc1. The van der Waals surface area contributed by atoms with E-state index in [9.17, 15) is 4.79 Å². The van der Waals surface area contributed by atoms with E-state index < -0.39 is 0 Å². The third-order valence-electron chi connectivity index (χ3n) is 6.12. The van der Waals surface area contributed by atoms with Gasteiger partial charge in [0.1, 0.15) is 5.82 Å². The van der Waals surface area contributed by atoms with Crippen molar-refractivity contribution in [3.05, 3.63) is 66.0 Å². The first-order chi connectivity index (χ1) is 15.8. The number of nitrogens with one attached hydrogen (secondary N) is 1. The summed E-state index contributed by atoms with van der Waals surface area (Å²) in [5.41, 5.74) is 3.02. The molecule has 0 saturated heterocycles. The third kappa shape index (κ3) is 4.48. The first kappa shape index (κ1) is 20.9. The highest BCUT2D eigenvalue weighted by Gasteiger charge is 2.24. The highest BCUT2D eigenvalue weighted by atomic mass is 32.2. The molecule has 1 N–H and O–H groups in total. The number of thioether (sulfide) groups is 1. The quantitative estimate of drug-likeness (QED) is 0.415. The summed E-state index contributed by atoms with van der Waals surface area (Å²) < 4.78 is 2.10. The maximum Gasteiger partial charge on any atom is 0.230 e. The van der Waals surface area contributed by atoms with E-state index in [0.717, 1.165) is 46.8 Å². The van der Waals surface area contributed by atoms with Crippen LogP contribution in [-0.2, 0) is 11.2 Å². The summed E-state index contributed by atoms with van der Waals surface area (Å²) in [5.74, 6) is 1.77. The van der Waals surface area contributed by atoms with Crippen molar-refractivity contribution < 1.29 is 4.79 Å². The fourth-order valence-electron chi connectivity index (χ4n) is 4.48. The molecular formula is C25H27N5OS. The summed E-state index contributed by atoms with van der Waals surface area (Å²) in [4.78, 5) is 17.5. The van der Waals surface area contributed by atoms with Crippen molar-refractivity contribution in [1.82, 2.24) is 24.9 Å². The molecule has 0 aliphatic heterocycles. The molecule has 2 aromatic heterocycles. The molecule has 32 heavy (non-hydrogen) atoms. The zero-order valence-electron chi connectivity index (χ0n) is 18.0. The monoisotopic (exact) mass is 445 g/mol. The van der Waals surface area contributed by atoms with Crippen LogP contribution in [0, 0.1) is 0 Å². The largest absolute Gasteiger partial charge is 0.355 e. The zero-order valence-corrected chi connectivity index (χ0v) is 18.9. The first-order valence-corrected chi connectivity index (χ1v) is 12.4. The Morgan fingerprint density at radius 1 is 1.00 bits per heavy atom. The van der Waals surface area contributed by atoms with Crippen molar-refractivity contribution in [3.63, 3.8) is 0 Å². The van der Waals surface area contributed by atoms with Gasteiger partial charge in [-0.2, -0.15) is 0 Å². The average molecular weight is 446 g/mol. The second-order valence-corrected chi connectivity index (χ2v) is 9.28. The van der Waals surface area contributed by atoms with Gasteiger partial charge in [-0.05, 0) is 37.0 Å². The van der Waals surface area contributed by atoms with E-state index in [2.05, 4.69) is 32.0 Å². The van der Waals surface area contributed by atoms with Crippen molar-refractivity contribution in [2.45, 2.75) is 49.6 Å². The fourth-order valence-corrected chi connectivity index (χ4v) is 5.25. The Morgan fingerprint density at radius 2 is 1.78 bits per heavy atom. The number of hydrogen-bond acceptors (Lipinski definition) is 5. The van der Waals surface area contributed by atoms with E-state index in [4.69, 9.17) is 4.98 Å². The molecule has 7 heteroatoms. The third-order valence-corrected chi connectivity index (χ3v) is 7.05. The number of benzene rings is 2. The lowest BCUT2D eigenvalue weighted by Crippen LogP contribution is -2.27. The van der Waals surface area contributed by atoms with Gasteiger partial charge in [0.25, 0.3) is 0 Å². The summed E-state index contributed by atoms with van der Waals surface area (Å²) in [6, 6.07) is 18.3. The smallest absolute Gasteiger partial charge is 0.230 e. The van der Waals surface area contributed by atoms with Crippen LogP contribution in [0.5, 0.6) is 0 Å². The van der Waals surface area contributed by atoms with E-state index in [1.807, 2.05) is 42.5 Å². The number of hydrogen-bond donors (Lipinski definition) is 1. The standard InChI is InChI=1S/C25H27N5OS/c31-22(26-16-15-18-9-3-1-4-10-18)17-32-25-29-28-24-20-13-7-8-14-21(20)27-23(30(24)25)19-11-5-2-6-12-19/h1,3-4,7-10,13-14,19H,2,5-6,11-12,15-17H2,(H,26,31). The topological polar surface area (TPSA) is 72.2 Å². The van der Waals surface area contributed by atoms with Gasteiger partial charge in [0.05, 0.1) is 11.3 Å². The summed E-state index contributed by atoms with van der Waals surface area (Å²) in [7, 11) is 0. The Morgan fingerprint density at radius 3 is 2.62 bits per heavy atom.